The van der Waals surface area contributed by atoms with E-state index in [0.717, 1.165) is 25.9 Å². The molecule has 0 bridgehead atoms. The molecule has 19 heavy (non-hydrogen) atoms. The second-order valence-corrected chi connectivity index (χ2v) is 6.63. The number of rotatable bonds is 3. The molecule has 1 aromatic carbocycles. The summed E-state index contributed by atoms with van der Waals surface area (Å²) in [7, 11) is 0. The number of hydrogen-bond donors (Lipinski definition) is 1. The fourth-order valence-electron chi connectivity index (χ4n) is 2.84. The molecule has 2 heteroatoms. The summed E-state index contributed by atoms with van der Waals surface area (Å²) >= 11 is 0. The number of hydrogen-bond acceptors (Lipinski definition) is 2. The lowest BCUT2D eigenvalue weighted by atomic mass is 9.87. The van der Waals surface area contributed by atoms with Crippen LogP contribution in [0.2, 0.25) is 0 Å². The largest absolute Gasteiger partial charge is 0.391 e. The lowest BCUT2D eigenvalue weighted by Gasteiger charge is -2.46. The van der Waals surface area contributed by atoms with Crippen molar-refractivity contribution >= 4 is 0 Å². The van der Waals surface area contributed by atoms with E-state index in [-0.39, 0.29) is 11.6 Å². The van der Waals surface area contributed by atoms with Gasteiger partial charge in [-0.2, -0.15) is 0 Å². The molecule has 0 aliphatic carbocycles. The first kappa shape index (κ1) is 14.5. The van der Waals surface area contributed by atoms with E-state index in [0.29, 0.717) is 5.92 Å². The van der Waals surface area contributed by atoms with E-state index < -0.39 is 0 Å². The van der Waals surface area contributed by atoms with Gasteiger partial charge in [0.15, 0.2) is 0 Å². The Labute approximate surface area is 117 Å². The maximum absolute atomic E-state index is 10.2. The molecule has 1 fully saturated rings. The van der Waals surface area contributed by atoms with Gasteiger partial charge in [0.2, 0.25) is 0 Å². The third-order valence-corrected chi connectivity index (χ3v) is 4.56. The standard InChI is InChI=1S/C17H27NO/c1-13(2)15-9-7-14(8-10-15)12-18-11-5-6-16(19)17(18,3)4/h7-10,13,16,19H,5-6,11-12H2,1-4H3. The highest BCUT2D eigenvalue weighted by Gasteiger charge is 2.37. The molecule has 1 unspecified atom stereocenters. The first-order valence-corrected chi connectivity index (χ1v) is 7.43. The van der Waals surface area contributed by atoms with Gasteiger partial charge >= 0.3 is 0 Å². The number of aliphatic hydroxyl groups excluding tert-OH is 1. The predicted octanol–water partition coefficient (Wildman–Crippen LogP) is 3.55. The van der Waals surface area contributed by atoms with E-state index in [4.69, 9.17) is 0 Å². The van der Waals surface area contributed by atoms with Gasteiger partial charge in [-0.05, 0) is 50.3 Å². The van der Waals surface area contributed by atoms with Gasteiger partial charge in [0, 0.05) is 12.1 Å². The highest BCUT2D eigenvalue weighted by atomic mass is 16.3. The molecular weight excluding hydrogens is 234 g/mol. The summed E-state index contributed by atoms with van der Waals surface area (Å²) in [6, 6.07) is 8.92. The minimum Gasteiger partial charge on any atom is -0.391 e. The van der Waals surface area contributed by atoms with Crippen molar-refractivity contribution in [2.75, 3.05) is 6.54 Å². The minimum atomic E-state index is -0.212. The summed E-state index contributed by atoms with van der Waals surface area (Å²) in [4.78, 5) is 2.41. The fraction of sp³-hybridized carbons (Fsp3) is 0.647. The number of piperidine rings is 1. The first-order valence-electron chi connectivity index (χ1n) is 7.43. The van der Waals surface area contributed by atoms with Crippen molar-refractivity contribution in [3.05, 3.63) is 35.4 Å². The molecule has 0 radical (unpaired) electrons. The Balaban J connectivity index is 2.08. The molecule has 106 valence electrons. The van der Waals surface area contributed by atoms with Gasteiger partial charge in [-0.3, -0.25) is 4.90 Å². The molecule has 1 heterocycles. The van der Waals surface area contributed by atoms with Gasteiger partial charge in [0.25, 0.3) is 0 Å². The van der Waals surface area contributed by atoms with Crippen LogP contribution in [-0.2, 0) is 6.54 Å². The van der Waals surface area contributed by atoms with E-state index in [9.17, 15) is 5.11 Å². The lowest BCUT2D eigenvalue weighted by molar-refractivity contribution is -0.0481. The molecule has 1 atom stereocenters. The Kier molecular flexibility index (Phi) is 4.32. The van der Waals surface area contributed by atoms with Crippen LogP contribution in [-0.4, -0.2) is 28.2 Å². The van der Waals surface area contributed by atoms with Crippen LogP contribution in [0.25, 0.3) is 0 Å². The molecule has 2 nitrogen and oxygen atoms in total. The van der Waals surface area contributed by atoms with Crippen molar-refractivity contribution in [1.29, 1.82) is 0 Å². The van der Waals surface area contributed by atoms with Gasteiger partial charge in [-0.25, -0.2) is 0 Å². The second kappa shape index (κ2) is 5.64. The lowest BCUT2D eigenvalue weighted by Crippen LogP contribution is -2.55. The topological polar surface area (TPSA) is 23.5 Å². The van der Waals surface area contributed by atoms with Crippen LogP contribution in [0.5, 0.6) is 0 Å². The van der Waals surface area contributed by atoms with E-state index >= 15 is 0 Å². The van der Waals surface area contributed by atoms with Crippen LogP contribution in [0.15, 0.2) is 24.3 Å². The SMILES string of the molecule is CC(C)c1ccc(CN2CCCC(O)C2(C)C)cc1. The normalized spacial score (nSPS) is 23.8. The van der Waals surface area contributed by atoms with Crippen LogP contribution < -0.4 is 0 Å². The van der Waals surface area contributed by atoms with Crippen molar-refractivity contribution in [2.24, 2.45) is 0 Å². The molecule has 1 N–H and O–H groups in total. The summed E-state index contributed by atoms with van der Waals surface area (Å²) in [6.45, 7) is 10.8. The number of likely N-dealkylation sites (tertiary alicyclic amines) is 1. The smallest absolute Gasteiger partial charge is 0.0719 e. The number of aliphatic hydroxyl groups is 1. The maximum atomic E-state index is 10.2. The minimum absolute atomic E-state index is 0.116. The summed E-state index contributed by atoms with van der Waals surface area (Å²) in [5, 5.41) is 10.2. The summed E-state index contributed by atoms with van der Waals surface area (Å²) in [5.41, 5.74) is 2.61. The molecule has 1 aliphatic heterocycles. The van der Waals surface area contributed by atoms with Crippen LogP contribution in [0.1, 0.15) is 57.6 Å². The molecule has 0 saturated carbocycles. The Morgan fingerprint density at radius 1 is 1.26 bits per heavy atom. The van der Waals surface area contributed by atoms with Gasteiger partial charge in [0.1, 0.15) is 0 Å². The van der Waals surface area contributed by atoms with Crippen molar-refractivity contribution in [2.45, 2.75) is 64.6 Å². The molecule has 1 aliphatic rings. The zero-order valence-corrected chi connectivity index (χ0v) is 12.7. The average molecular weight is 261 g/mol. The van der Waals surface area contributed by atoms with Gasteiger partial charge in [-0.1, -0.05) is 38.1 Å². The Morgan fingerprint density at radius 3 is 2.47 bits per heavy atom. The second-order valence-electron chi connectivity index (χ2n) is 6.63. The quantitative estimate of drug-likeness (QED) is 0.899. The average Bonchev–Trinajstić information content (AvgIpc) is 2.36. The summed E-state index contributed by atoms with van der Waals surface area (Å²) < 4.78 is 0. The van der Waals surface area contributed by atoms with E-state index in [1.54, 1.807) is 0 Å². The van der Waals surface area contributed by atoms with Crippen molar-refractivity contribution in [3.8, 4) is 0 Å². The summed E-state index contributed by atoms with van der Waals surface area (Å²) in [6.07, 6.45) is 1.81. The van der Waals surface area contributed by atoms with Crippen LogP contribution in [0.4, 0.5) is 0 Å². The molecule has 0 aromatic heterocycles. The molecule has 1 saturated heterocycles. The fourth-order valence-corrected chi connectivity index (χ4v) is 2.84. The predicted molar refractivity (Wildman–Crippen MR) is 80.3 cm³/mol. The monoisotopic (exact) mass is 261 g/mol. The van der Waals surface area contributed by atoms with E-state index in [1.165, 1.54) is 11.1 Å². The van der Waals surface area contributed by atoms with Crippen LogP contribution >= 0.6 is 0 Å². The van der Waals surface area contributed by atoms with Crippen LogP contribution in [0, 0.1) is 0 Å². The first-order chi connectivity index (χ1) is 8.91. The maximum Gasteiger partial charge on any atom is 0.0719 e. The summed E-state index contributed by atoms with van der Waals surface area (Å²) in [5.74, 6) is 0.585. The molecule has 2 rings (SSSR count). The van der Waals surface area contributed by atoms with Crippen LogP contribution in [0.3, 0.4) is 0 Å². The zero-order chi connectivity index (χ0) is 14.0. The Bertz CT molecular complexity index is 408. The Hall–Kier alpha value is -0.860. The van der Waals surface area contributed by atoms with Gasteiger partial charge < -0.3 is 5.11 Å². The van der Waals surface area contributed by atoms with E-state index in [2.05, 4.69) is 56.9 Å². The number of benzene rings is 1. The van der Waals surface area contributed by atoms with Gasteiger partial charge in [0.05, 0.1) is 6.10 Å². The molecule has 0 amide bonds. The third-order valence-electron chi connectivity index (χ3n) is 4.56. The Morgan fingerprint density at radius 2 is 1.89 bits per heavy atom. The van der Waals surface area contributed by atoms with Gasteiger partial charge in [-0.15, -0.1) is 0 Å². The third kappa shape index (κ3) is 3.18. The highest BCUT2D eigenvalue weighted by molar-refractivity contribution is 5.24. The number of nitrogens with zero attached hydrogens (tertiary/aromatic N) is 1. The molecule has 1 aromatic rings. The zero-order valence-electron chi connectivity index (χ0n) is 12.7. The molecular formula is C17H27NO. The van der Waals surface area contributed by atoms with Crippen molar-refractivity contribution < 1.29 is 5.11 Å². The van der Waals surface area contributed by atoms with Crippen molar-refractivity contribution in [3.63, 3.8) is 0 Å². The molecule has 0 spiro atoms. The highest BCUT2D eigenvalue weighted by Crippen LogP contribution is 2.29. The van der Waals surface area contributed by atoms with E-state index in [1.807, 2.05) is 0 Å². The van der Waals surface area contributed by atoms with Crippen molar-refractivity contribution in [1.82, 2.24) is 4.90 Å².